The quantitative estimate of drug-likeness (QED) is 0.702. The van der Waals surface area contributed by atoms with Crippen molar-refractivity contribution in [2.75, 3.05) is 5.32 Å². The fourth-order valence-electron chi connectivity index (χ4n) is 2.41. The summed E-state index contributed by atoms with van der Waals surface area (Å²) in [5.74, 6) is -1.05. The molecule has 0 amide bonds. The van der Waals surface area contributed by atoms with E-state index in [9.17, 15) is 14.7 Å². The molecule has 1 heterocycles. The van der Waals surface area contributed by atoms with Gasteiger partial charge in [0.2, 0.25) is 0 Å². The fourth-order valence-corrected chi connectivity index (χ4v) is 2.41. The van der Waals surface area contributed by atoms with Crippen LogP contribution in [0.2, 0.25) is 0 Å². The number of aromatic nitrogens is 2. The van der Waals surface area contributed by atoms with Crippen molar-refractivity contribution in [3.63, 3.8) is 0 Å². The van der Waals surface area contributed by atoms with Gasteiger partial charge in [0.05, 0.1) is 5.92 Å². The minimum Gasteiger partial charge on any atom is -0.481 e. The Kier molecular flexibility index (Phi) is 3.96. The Morgan fingerprint density at radius 2 is 2.17 bits per heavy atom. The molecule has 1 fully saturated rings. The number of hydrogen-bond donors (Lipinski definition) is 3. The molecule has 0 radical (unpaired) electrons. The van der Waals surface area contributed by atoms with E-state index in [2.05, 4.69) is 15.3 Å². The SMILES string of the molecule is O=C(O)C1CCCCCC1Nc1ncc[nH]c1=O. The van der Waals surface area contributed by atoms with Crippen molar-refractivity contribution in [3.8, 4) is 0 Å². The van der Waals surface area contributed by atoms with Crippen molar-refractivity contribution in [2.24, 2.45) is 5.92 Å². The Morgan fingerprint density at radius 3 is 2.89 bits per heavy atom. The highest BCUT2D eigenvalue weighted by Gasteiger charge is 2.30. The van der Waals surface area contributed by atoms with E-state index in [-0.39, 0.29) is 17.4 Å². The molecule has 2 unspecified atom stereocenters. The normalized spacial score (nSPS) is 24.2. The van der Waals surface area contributed by atoms with Crippen LogP contribution < -0.4 is 10.9 Å². The molecule has 3 N–H and O–H groups in total. The molecule has 18 heavy (non-hydrogen) atoms. The van der Waals surface area contributed by atoms with Gasteiger partial charge in [0.25, 0.3) is 5.56 Å². The van der Waals surface area contributed by atoms with E-state index in [1.54, 1.807) is 0 Å². The first-order chi connectivity index (χ1) is 8.68. The van der Waals surface area contributed by atoms with Crippen molar-refractivity contribution in [1.29, 1.82) is 0 Å². The molecule has 1 aliphatic carbocycles. The number of aliphatic carboxylic acids is 1. The predicted molar refractivity (Wildman–Crippen MR) is 66.5 cm³/mol. The Hall–Kier alpha value is -1.85. The smallest absolute Gasteiger partial charge is 0.308 e. The van der Waals surface area contributed by atoms with Crippen LogP contribution in [0, 0.1) is 5.92 Å². The molecular formula is C12H17N3O3. The average molecular weight is 251 g/mol. The van der Waals surface area contributed by atoms with E-state index in [4.69, 9.17) is 0 Å². The number of carbonyl (C=O) groups is 1. The zero-order chi connectivity index (χ0) is 13.0. The van der Waals surface area contributed by atoms with E-state index in [0.29, 0.717) is 6.42 Å². The first-order valence-electron chi connectivity index (χ1n) is 6.21. The third-order valence-electron chi connectivity index (χ3n) is 3.36. The summed E-state index contributed by atoms with van der Waals surface area (Å²) < 4.78 is 0. The van der Waals surface area contributed by atoms with Crippen molar-refractivity contribution in [2.45, 2.75) is 38.1 Å². The van der Waals surface area contributed by atoms with Crippen LogP contribution >= 0.6 is 0 Å². The molecule has 1 aromatic rings. The molecular weight excluding hydrogens is 234 g/mol. The second kappa shape index (κ2) is 5.66. The highest BCUT2D eigenvalue weighted by Crippen LogP contribution is 2.25. The van der Waals surface area contributed by atoms with Gasteiger partial charge < -0.3 is 15.4 Å². The van der Waals surface area contributed by atoms with Gasteiger partial charge in [0.15, 0.2) is 5.82 Å². The molecule has 1 aromatic heterocycles. The molecule has 6 nitrogen and oxygen atoms in total. The molecule has 0 saturated heterocycles. The maximum atomic E-state index is 11.5. The van der Waals surface area contributed by atoms with Crippen LogP contribution in [0.25, 0.3) is 0 Å². The third kappa shape index (κ3) is 2.88. The second-order valence-corrected chi connectivity index (χ2v) is 4.60. The van der Waals surface area contributed by atoms with Gasteiger partial charge in [-0.25, -0.2) is 4.98 Å². The first kappa shape index (κ1) is 12.6. The summed E-state index contributed by atoms with van der Waals surface area (Å²) in [6.45, 7) is 0. The lowest BCUT2D eigenvalue weighted by atomic mass is 9.95. The van der Waals surface area contributed by atoms with Gasteiger partial charge >= 0.3 is 5.97 Å². The van der Waals surface area contributed by atoms with Gasteiger partial charge in [-0.1, -0.05) is 19.3 Å². The molecule has 0 aromatic carbocycles. The zero-order valence-electron chi connectivity index (χ0n) is 10.1. The van der Waals surface area contributed by atoms with Crippen LogP contribution in [-0.4, -0.2) is 27.1 Å². The lowest BCUT2D eigenvalue weighted by Gasteiger charge is -2.22. The number of anilines is 1. The van der Waals surface area contributed by atoms with E-state index in [0.717, 1.165) is 25.7 Å². The van der Waals surface area contributed by atoms with E-state index in [1.165, 1.54) is 12.4 Å². The molecule has 0 aliphatic heterocycles. The maximum absolute atomic E-state index is 11.5. The summed E-state index contributed by atoms with van der Waals surface area (Å²) >= 11 is 0. The van der Waals surface area contributed by atoms with Crippen LogP contribution in [-0.2, 0) is 4.79 Å². The van der Waals surface area contributed by atoms with Crippen LogP contribution in [0.1, 0.15) is 32.1 Å². The maximum Gasteiger partial charge on any atom is 0.308 e. The van der Waals surface area contributed by atoms with Gasteiger partial charge in [0.1, 0.15) is 0 Å². The number of rotatable bonds is 3. The van der Waals surface area contributed by atoms with E-state index < -0.39 is 11.9 Å². The first-order valence-corrected chi connectivity index (χ1v) is 6.21. The van der Waals surface area contributed by atoms with Crippen molar-refractivity contribution >= 4 is 11.8 Å². The lowest BCUT2D eigenvalue weighted by Crippen LogP contribution is -2.35. The average Bonchev–Trinajstić information content (AvgIpc) is 2.57. The van der Waals surface area contributed by atoms with Crippen LogP contribution in [0.15, 0.2) is 17.2 Å². The minimum atomic E-state index is -0.804. The van der Waals surface area contributed by atoms with Gasteiger partial charge in [-0.15, -0.1) is 0 Å². The Balaban J connectivity index is 2.16. The van der Waals surface area contributed by atoms with Crippen molar-refractivity contribution < 1.29 is 9.90 Å². The predicted octanol–water partition coefficient (Wildman–Crippen LogP) is 1.22. The summed E-state index contributed by atoms with van der Waals surface area (Å²) in [5.41, 5.74) is -0.314. The monoisotopic (exact) mass is 251 g/mol. The Morgan fingerprint density at radius 1 is 1.39 bits per heavy atom. The van der Waals surface area contributed by atoms with E-state index in [1.807, 2.05) is 0 Å². The minimum absolute atomic E-state index is 0.204. The molecule has 2 rings (SSSR count). The van der Waals surface area contributed by atoms with Crippen molar-refractivity contribution in [3.05, 3.63) is 22.7 Å². The highest BCUT2D eigenvalue weighted by molar-refractivity contribution is 5.71. The van der Waals surface area contributed by atoms with Gasteiger partial charge in [-0.2, -0.15) is 0 Å². The van der Waals surface area contributed by atoms with Gasteiger partial charge in [-0.3, -0.25) is 9.59 Å². The summed E-state index contributed by atoms with van der Waals surface area (Å²) in [7, 11) is 0. The molecule has 0 spiro atoms. The van der Waals surface area contributed by atoms with Crippen LogP contribution in [0.3, 0.4) is 0 Å². The number of aromatic amines is 1. The number of H-pyrrole nitrogens is 1. The number of carboxylic acid groups (broad SMARTS) is 1. The molecule has 1 aliphatic rings. The van der Waals surface area contributed by atoms with Crippen LogP contribution in [0.4, 0.5) is 5.82 Å². The fraction of sp³-hybridized carbons (Fsp3) is 0.583. The summed E-state index contributed by atoms with van der Waals surface area (Å²) in [6.07, 6.45) is 7.29. The summed E-state index contributed by atoms with van der Waals surface area (Å²) in [4.78, 5) is 29.2. The summed E-state index contributed by atoms with van der Waals surface area (Å²) in [6, 6.07) is -0.221. The molecule has 98 valence electrons. The topological polar surface area (TPSA) is 95.1 Å². The third-order valence-corrected chi connectivity index (χ3v) is 3.36. The van der Waals surface area contributed by atoms with Gasteiger partial charge in [-0.05, 0) is 12.8 Å². The molecule has 0 bridgehead atoms. The molecule has 1 saturated carbocycles. The number of nitrogens with one attached hydrogen (secondary N) is 2. The standard InChI is InChI=1S/C12H17N3O3/c16-11-10(13-6-7-14-11)15-9-5-3-1-2-4-8(9)12(17)18/h6-9H,1-5H2,(H,13,15)(H,14,16)(H,17,18). The van der Waals surface area contributed by atoms with E-state index >= 15 is 0 Å². The Labute approximate surface area is 104 Å². The van der Waals surface area contributed by atoms with Crippen LogP contribution in [0.5, 0.6) is 0 Å². The number of carboxylic acids is 1. The zero-order valence-corrected chi connectivity index (χ0v) is 10.1. The largest absolute Gasteiger partial charge is 0.481 e. The molecule has 2 atom stereocenters. The Bertz CT molecular complexity index is 472. The van der Waals surface area contributed by atoms with Gasteiger partial charge in [0, 0.05) is 18.4 Å². The lowest BCUT2D eigenvalue weighted by molar-refractivity contribution is -0.142. The van der Waals surface area contributed by atoms with Crippen molar-refractivity contribution in [1.82, 2.24) is 9.97 Å². The summed E-state index contributed by atoms with van der Waals surface area (Å²) in [5, 5.41) is 12.2. The number of hydrogen-bond acceptors (Lipinski definition) is 4. The highest BCUT2D eigenvalue weighted by atomic mass is 16.4. The second-order valence-electron chi connectivity index (χ2n) is 4.60. The number of nitrogens with zero attached hydrogens (tertiary/aromatic N) is 1. The molecule has 6 heteroatoms.